The summed E-state index contributed by atoms with van der Waals surface area (Å²) in [4.78, 5) is 8.90. The molecular weight excluding hydrogens is 705 g/mol. The van der Waals surface area contributed by atoms with Crippen LogP contribution in [0.15, 0.2) is 120 Å². The van der Waals surface area contributed by atoms with Gasteiger partial charge in [0.05, 0.1) is 5.58 Å². The van der Waals surface area contributed by atoms with Gasteiger partial charge in [0.15, 0.2) is 0 Å². The van der Waals surface area contributed by atoms with Crippen LogP contribution in [0.4, 0.5) is 0 Å². The van der Waals surface area contributed by atoms with Crippen LogP contribution < -0.4 is 0 Å². The van der Waals surface area contributed by atoms with Crippen LogP contribution in [-0.4, -0.2) is 9.97 Å². The van der Waals surface area contributed by atoms with E-state index in [0.29, 0.717) is 0 Å². The number of nitrogens with zero attached hydrogens (tertiary/aromatic N) is 2. The van der Waals surface area contributed by atoms with Crippen molar-refractivity contribution >= 4 is 43.5 Å². The van der Waals surface area contributed by atoms with Crippen molar-refractivity contribution in [3.8, 4) is 22.5 Å². The molecule has 0 saturated heterocycles. The number of aromatic nitrogens is 2. The summed E-state index contributed by atoms with van der Waals surface area (Å²) in [6, 6.07) is 41.8. The number of rotatable bonds is 2. The Kier molecular flexibility index (Phi) is 7.90. The molecule has 0 bridgehead atoms. The van der Waals surface area contributed by atoms with Crippen molar-refractivity contribution in [2.24, 2.45) is 0 Å². The second-order valence-electron chi connectivity index (χ2n) is 10.7. The van der Waals surface area contributed by atoms with E-state index in [9.17, 15) is 0 Å². The third-order valence-corrected chi connectivity index (χ3v) is 7.84. The quantitative estimate of drug-likeness (QED) is 0.131. The average Bonchev–Trinajstić information content (AvgIpc) is 3.42. The smallest absolute Gasteiger partial charge is 0.129 e. The summed E-state index contributed by atoms with van der Waals surface area (Å²) in [7, 11) is 0. The standard InChI is InChI=1S/C25H14NO.C14H14N.Ir/c1-2-7-18-16(6-1)11-12-17-13-14-20-19-8-5-9-21(22-10-3-4-15-26-22)24(19)27-25(20)23(17)18;1-10-4-6-13(7-5-10)14-8-11(2)12(3)9-15-14;/h1-8,10-15H;4-6,8-9H,1-3H3;/q2*-1;. The predicted octanol–water partition coefficient (Wildman–Crippen LogP) is 10.2. The summed E-state index contributed by atoms with van der Waals surface area (Å²) in [5.74, 6) is 0. The van der Waals surface area contributed by atoms with E-state index in [1.54, 1.807) is 6.20 Å². The van der Waals surface area contributed by atoms with Crippen molar-refractivity contribution in [1.29, 1.82) is 0 Å². The van der Waals surface area contributed by atoms with E-state index in [4.69, 9.17) is 4.42 Å². The normalized spacial score (nSPS) is 11.0. The number of aryl methyl sites for hydroxylation is 3. The molecule has 43 heavy (non-hydrogen) atoms. The number of furan rings is 1. The molecule has 3 aromatic heterocycles. The summed E-state index contributed by atoms with van der Waals surface area (Å²) >= 11 is 0. The fourth-order valence-corrected chi connectivity index (χ4v) is 5.42. The maximum atomic E-state index is 6.49. The molecule has 0 amide bonds. The Hall–Kier alpha value is -4.63. The van der Waals surface area contributed by atoms with Gasteiger partial charge in [0.2, 0.25) is 0 Å². The molecule has 0 fully saturated rings. The first kappa shape index (κ1) is 28.5. The zero-order valence-electron chi connectivity index (χ0n) is 24.1. The van der Waals surface area contributed by atoms with Crippen LogP contribution in [0.5, 0.6) is 0 Å². The van der Waals surface area contributed by atoms with Gasteiger partial charge >= 0.3 is 0 Å². The van der Waals surface area contributed by atoms with Crippen LogP contribution in [0.2, 0.25) is 0 Å². The van der Waals surface area contributed by atoms with Gasteiger partial charge < -0.3 is 14.4 Å². The van der Waals surface area contributed by atoms with E-state index in [0.717, 1.165) is 49.8 Å². The summed E-state index contributed by atoms with van der Waals surface area (Å²) in [5, 5.41) is 6.99. The molecule has 4 heteroatoms. The van der Waals surface area contributed by atoms with Gasteiger partial charge in [-0.2, -0.15) is 0 Å². The topological polar surface area (TPSA) is 38.9 Å². The second kappa shape index (κ2) is 11.9. The first-order valence-corrected chi connectivity index (χ1v) is 14.1. The molecule has 0 spiro atoms. The molecule has 0 unspecified atom stereocenters. The van der Waals surface area contributed by atoms with Crippen LogP contribution in [0.25, 0.3) is 66.0 Å². The van der Waals surface area contributed by atoms with Crippen molar-refractivity contribution in [2.75, 3.05) is 0 Å². The van der Waals surface area contributed by atoms with E-state index in [1.165, 1.54) is 32.8 Å². The van der Waals surface area contributed by atoms with Crippen molar-refractivity contribution in [3.63, 3.8) is 0 Å². The third-order valence-electron chi connectivity index (χ3n) is 7.84. The van der Waals surface area contributed by atoms with E-state index >= 15 is 0 Å². The van der Waals surface area contributed by atoms with E-state index in [-0.39, 0.29) is 20.1 Å². The van der Waals surface area contributed by atoms with Crippen LogP contribution in [0, 0.1) is 32.9 Å². The van der Waals surface area contributed by atoms with E-state index < -0.39 is 0 Å². The minimum atomic E-state index is 0. The van der Waals surface area contributed by atoms with Crippen LogP contribution >= 0.6 is 0 Å². The van der Waals surface area contributed by atoms with Crippen LogP contribution in [0.1, 0.15) is 16.7 Å². The Morgan fingerprint density at radius 1 is 0.628 bits per heavy atom. The maximum absolute atomic E-state index is 6.49. The minimum absolute atomic E-state index is 0. The number of benzene rings is 5. The zero-order valence-corrected chi connectivity index (χ0v) is 26.5. The summed E-state index contributed by atoms with van der Waals surface area (Å²) in [6.07, 6.45) is 3.71. The number of hydrogen-bond donors (Lipinski definition) is 0. The third kappa shape index (κ3) is 5.36. The van der Waals surface area contributed by atoms with Gasteiger partial charge in [-0.25, -0.2) is 0 Å². The molecule has 0 aliphatic rings. The van der Waals surface area contributed by atoms with Gasteiger partial charge in [0.25, 0.3) is 0 Å². The van der Waals surface area contributed by atoms with Crippen LogP contribution in [0.3, 0.4) is 0 Å². The minimum Gasteiger partial charge on any atom is -0.500 e. The monoisotopic (exact) mass is 733 g/mol. The first-order valence-electron chi connectivity index (χ1n) is 14.1. The Morgan fingerprint density at radius 3 is 2.21 bits per heavy atom. The Bertz CT molecular complexity index is 2220. The van der Waals surface area contributed by atoms with Gasteiger partial charge in [0.1, 0.15) is 5.58 Å². The Morgan fingerprint density at radius 2 is 1.42 bits per heavy atom. The van der Waals surface area contributed by atoms with Crippen molar-refractivity contribution in [3.05, 3.63) is 144 Å². The Balaban J connectivity index is 0.000000176. The molecular formula is C39H28IrN2O-2. The molecule has 8 aromatic rings. The molecule has 0 atom stereocenters. The van der Waals surface area contributed by atoms with Crippen molar-refractivity contribution in [1.82, 2.24) is 9.97 Å². The molecule has 8 rings (SSSR count). The zero-order chi connectivity index (χ0) is 28.6. The van der Waals surface area contributed by atoms with Crippen molar-refractivity contribution < 1.29 is 24.5 Å². The Labute approximate surface area is 264 Å². The fourth-order valence-electron chi connectivity index (χ4n) is 5.42. The molecule has 3 heterocycles. The molecule has 5 aromatic carbocycles. The van der Waals surface area contributed by atoms with Gasteiger partial charge in [-0.1, -0.05) is 90.2 Å². The van der Waals surface area contributed by atoms with E-state index in [2.05, 4.69) is 116 Å². The van der Waals surface area contributed by atoms with Crippen LogP contribution in [-0.2, 0) is 20.1 Å². The summed E-state index contributed by atoms with van der Waals surface area (Å²) in [5.41, 5.74) is 9.32. The number of fused-ring (bicyclic) bond motifs is 7. The number of pyridine rings is 2. The van der Waals surface area contributed by atoms with Crippen molar-refractivity contribution in [2.45, 2.75) is 20.8 Å². The SMILES string of the molecule is Cc1c[c-]c(-c2cc(C)c(C)cn2)cc1.[Ir].[c-]1ccc2c(oc3c2ccc2ccc4ccccc4c23)c1-c1ccccn1. The molecule has 0 aliphatic heterocycles. The molecule has 0 N–H and O–H groups in total. The molecule has 0 saturated carbocycles. The molecule has 3 nitrogen and oxygen atoms in total. The molecule has 1 radical (unpaired) electrons. The summed E-state index contributed by atoms with van der Waals surface area (Å²) in [6.45, 7) is 6.24. The van der Waals surface area contributed by atoms with Gasteiger partial charge in [-0.3, -0.25) is 0 Å². The van der Waals surface area contributed by atoms with Gasteiger partial charge in [0, 0.05) is 43.3 Å². The summed E-state index contributed by atoms with van der Waals surface area (Å²) < 4.78 is 6.49. The largest absolute Gasteiger partial charge is 0.500 e. The molecule has 0 aliphatic carbocycles. The predicted molar refractivity (Wildman–Crippen MR) is 174 cm³/mol. The van der Waals surface area contributed by atoms with E-state index in [1.807, 2.05) is 36.5 Å². The average molecular weight is 733 g/mol. The fraction of sp³-hybridized carbons (Fsp3) is 0.0769. The number of hydrogen-bond acceptors (Lipinski definition) is 3. The first-order chi connectivity index (χ1) is 20.6. The molecule has 211 valence electrons. The van der Waals surface area contributed by atoms with Gasteiger partial charge in [-0.15, -0.1) is 53.6 Å². The van der Waals surface area contributed by atoms with Gasteiger partial charge in [-0.05, 0) is 53.0 Å². The second-order valence-corrected chi connectivity index (χ2v) is 10.7. The maximum Gasteiger partial charge on any atom is 0.129 e.